The van der Waals surface area contributed by atoms with Gasteiger partial charge in [-0.15, -0.1) is 0 Å². The van der Waals surface area contributed by atoms with Crippen LogP contribution in [0.3, 0.4) is 0 Å². The lowest BCUT2D eigenvalue weighted by Gasteiger charge is -2.11. The Labute approximate surface area is 163 Å². The number of rotatable bonds is 5. The molecule has 146 valence electrons. The summed E-state index contributed by atoms with van der Waals surface area (Å²) in [4.78, 5) is 18.7. The zero-order chi connectivity index (χ0) is 20.5. The molecule has 2 aromatic carbocycles. The average molecular weight is 394 g/mol. The Balaban J connectivity index is 1.70. The molecular formula is C19H15FN6O3. The molecule has 0 fully saturated rings. The second kappa shape index (κ2) is 7.15. The van der Waals surface area contributed by atoms with Crippen molar-refractivity contribution >= 4 is 28.1 Å². The Morgan fingerprint density at radius 1 is 1.21 bits per heavy atom. The number of benzene rings is 2. The maximum Gasteiger partial charge on any atom is 0.307 e. The van der Waals surface area contributed by atoms with Crippen molar-refractivity contribution in [3.8, 4) is 17.0 Å². The van der Waals surface area contributed by atoms with Gasteiger partial charge < -0.3 is 10.1 Å². The second-order valence-corrected chi connectivity index (χ2v) is 6.25. The van der Waals surface area contributed by atoms with Crippen LogP contribution >= 0.6 is 0 Å². The fourth-order valence-corrected chi connectivity index (χ4v) is 2.97. The first-order valence-corrected chi connectivity index (χ1v) is 8.49. The van der Waals surface area contributed by atoms with Crippen molar-refractivity contribution in [2.75, 3.05) is 12.4 Å². The number of nitrogens with one attached hydrogen (secondary N) is 1. The monoisotopic (exact) mass is 394 g/mol. The number of aromatic nitrogens is 4. The molecule has 0 saturated carbocycles. The molecule has 0 unspecified atom stereocenters. The molecule has 2 heterocycles. The summed E-state index contributed by atoms with van der Waals surface area (Å²) in [6.45, 7) is 0. The van der Waals surface area contributed by atoms with Crippen LogP contribution in [-0.2, 0) is 7.05 Å². The van der Waals surface area contributed by atoms with E-state index in [-0.39, 0.29) is 11.4 Å². The number of nitrogens with zero attached hydrogens (tertiary/aromatic N) is 5. The summed E-state index contributed by atoms with van der Waals surface area (Å²) < 4.78 is 20.7. The molecule has 0 amide bonds. The Bertz CT molecular complexity index is 1240. The summed E-state index contributed by atoms with van der Waals surface area (Å²) in [7, 11) is 3.20. The number of hydrogen-bond acceptors (Lipinski definition) is 7. The molecule has 2 aromatic heterocycles. The van der Waals surface area contributed by atoms with E-state index in [4.69, 9.17) is 4.74 Å². The van der Waals surface area contributed by atoms with E-state index in [1.54, 1.807) is 10.7 Å². The van der Waals surface area contributed by atoms with Gasteiger partial charge in [-0.3, -0.25) is 14.8 Å². The van der Waals surface area contributed by atoms with Gasteiger partial charge in [0.15, 0.2) is 0 Å². The molecule has 0 aliphatic rings. The van der Waals surface area contributed by atoms with Crippen LogP contribution < -0.4 is 10.1 Å². The van der Waals surface area contributed by atoms with E-state index in [0.29, 0.717) is 11.5 Å². The SMILES string of the molecule is COc1cc(F)c([N+](=O)[O-])cc1Nc1cc(-c2ccc3cn(C)nc3c2)ncn1. The third-order valence-corrected chi connectivity index (χ3v) is 4.31. The highest BCUT2D eigenvalue weighted by atomic mass is 19.1. The first-order valence-electron chi connectivity index (χ1n) is 8.49. The van der Waals surface area contributed by atoms with Crippen molar-refractivity contribution in [1.82, 2.24) is 19.7 Å². The molecule has 0 bridgehead atoms. The van der Waals surface area contributed by atoms with Crippen LogP contribution in [0.1, 0.15) is 0 Å². The van der Waals surface area contributed by atoms with Crippen LogP contribution in [0.25, 0.3) is 22.2 Å². The number of methoxy groups -OCH3 is 1. The zero-order valence-corrected chi connectivity index (χ0v) is 15.5. The van der Waals surface area contributed by atoms with Crippen LogP contribution in [0, 0.1) is 15.9 Å². The molecular weight excluding hydrogens is 379 g/mol. The highest BCUT2D eigenvalue weighted by molar-refractivity contribution is 5.83. The van der Waals surface area contributed by atoms with E-state index in [9.17, 15) is 14.5 Å². The standard InChI is InChI=1S/C19H15FN6O3/c1-25-9-12-4-3-11(5-15(12)24-25)14-8-19(22-10-21-14)23-16-7-17(26(27)28)13(20)6-18(16)29-2/h3-10H,1-2H3,(H,21,22,23). The Morgan fingerprint density at radius 3 is 2.79 bits per heavy atom. The van der Waals surface area contributed by atoms with Crippen molar-refractivity contribution in [3.05, 3.63) is 64.9 Å². The van der Waals surface area contributed by atoms with Crippen LogP contribution in [-0.4, -0.2) is 31.8 Å². The van der Waals surface area contributed by atoms with Gasteiger partial charge in [-0.2, -0.15) is 9.49 Å². The Hall–Kier alpha value is -4.08. The van der Waals surface area contributed by atoms with Crippen molar-refractivity contribution in [1.29, 1.82) is 0 Å². The molecule has 0 radical (unpaired) electrons. The van der Waals surface area contributed by atoms with Gasteiger partial charge in [0.25, 0.3) is 0 Å². The predicted molar refractivity (Wildman–Crippen MR) is 105 cm³/mol. The topological polar surface area (TPSA) is 108 Å². The van der Waals surface area contributed by atoms with Gasteiger partial charge in [0.2, 0.25) is 5.82 Å². The van der Waals surface area contributed by atoms with E-state index in [0.717, 1.165) is 28.6 Å². The lowest BCUT2D eigenvalue weighted by atomic mass is 10.1. The maximum atomic E-state index is 13.8. The molecule has 0 spiro atoms. The molecule has 4 aromatic rings. The van der Waals surface area contributed by atoms with Crippen molar-refractivity contribution in [2.45, 2.75) is 0 Å². The minimum absolute atomic E-state index is 0.114. The third kappa shape index (κ3) is 3.55. The summed E-state index contributed by atoms with van der Waals surface area (Å²) in [5.41, 5.74) is 1.84. The number of hydrogen-bond donors (Lipinski definition) is 1. The van der Waals surface area contributed by atoms with Gasteiger partial charge in [-0.1, -0.05) is 12.1 Å². The lowest BCUT2D eigenvalue weighted by molar-refractivity contribution is -0.387. The number of anilines is 2. The Kier molecular flexibility index (Phi) is 4.51. The maximum absolute atomic E-state index is 13.8. The quantitative estimate of drug-likeness (QED) is 0.405. The van der Waals surface area contributed by atoms with E-state index < -0.39 is 16.4 Å². The first-order chi connectivity index (χ1) is 13.9. The molecule has 0 atom stereocenters. The van der Waals surface area contributed by atoms with Crippen LogP contribution in [0.15, 0.2) is 48.9 Å². The number of nitro benzene ring substituents is 1. The van der Waals surface area contributed by atoms with Crippen LogP contribution in [0.5, 0.6) is 5.75 Å². The molecule has 29 heavy (non-hydrogen) atoms. The molecule has 0 aliphatic heterocycles. The summed E-state index contributed by atoms with van der Waals surface area (Å²) in [5.74, 6) is -0.497. The molecule has 0 aliphatic carbocycles. The summed E-state index contributed by atoms with van der Waals surface area (Å²) in [5, 5.41) is 19.4. The highest BCUT2D eigenvalue weighted by Crippen LogP contribution is 2.34. The Morgan fingerprint density at radius 2 is 2.03 bits per heavy atom. The highest BCUT2D eigenvalue weighted by Gasteiger charge is 2.19. The minimum Gasteiger partial charge on any atom is -0.494 e. The summed E-state index contributed by atoms with van der Waals surface area (Å²) >= 11 is 0. The number of aryl methyl sites for hydroxylation is 1. The minimum atomic E-state index is -0.982. The normalized spacial score (nSPS) is 10.9. The van der Waals surface area contributed by atoms with Gasteiger partial charge in [-0.25, -0.2) is 9.97 Å². The van der Waals surface area contributed by atoms with Gasteiger partial charge in [0.1, 0.15) is 17.9 Å². The number of fused-ring (bicyclic) bond motifs is 1. The van der Waals surface area contributed by atoms with Crippen molar-refractivity contribution in [2.24, 2.45) is 7.05 Å². The second-order valence-electron chi connectivity index (χ2n) is 6.25. The molecule has 9 nitrogen and oxygen atoms in total. The summed E-state index contributed by atoms with van der Waals surface area (Å²) in [6, 6.07) is 9.47. The van der Waals surface area contributed by atoms with Crippen LogP contribution in [0.2, 0.25) is 0 Å². The largest absolute Gasteiger partial charge is 0.494 e. The molecule has 1 N–H and O–H groups in total. The van der Waals surface area contributed by atoms with Gasteiger partial charge >= 0.3 is 5.69 Å². The molecule has 0 saturated heterocycles. The molecule has 10 heteroatoms. The lowest BCUT2D eigenvalue weighted by Crippen LogP contribution is -2.01. The van der Waals surface area contributed by atoms with Gasteiger partial charge in [-0.05, 0) is 6.07 Å². The van der Waals surface area contributed by atoms with Crippen molar-refractivity contribution in [3.63, 3.8) is 0 Å². The first kappa shape index (κ1) is 18.3. The fourth-order valence-electron chi connectivity index (χ4n) is 2.97. The predicted octanol–water partition coefficient (Wildman–Crippen LogP) is 3.83. The van der Waals surface area contributed by atoms with Gasteiger partial charge in [0, 0.05) is 42.4 Å². The zero-order valence-electron chi connectivity index (χ0n) is 15.5. The number of halogens is 1. The van der Waals surface area contributed by atoms with E-state index >= 15 is 0 Å². The molecule has 4 rings (SSSR count). The fraction of sp³-hybridized carbons (Fsp3) is 0.105. The third-order valence-electron chi connectivity index (χ3n) is 4.31. The van der Waals surface area contributed by atoms with E-state index in [1.165, 1.54) is 13.4 Å². The van der Waals surface area contributed by atoms with Crippen molar-refractivity contribution < 1.29 is 14.1 Å². The average Bonchev–Trinajstić information content (AvgIpc) is 3.08. The van der Waals surface area contributed by atoms with E-state index in [1.807, 2.05) is 31.4 Å². The van der Waals surface area contributed by atoms with Gasteiger partial charge in [0.05, 0.1) is 28.9 Å². The smallest absolute Gasteiger partial charge is 0.307 e. The number of nitro groups is 1. The number of ether oxygens (including phenoxy) is 1. The van der Waals surface area contributed by atoms with Crippen LogP contribution in [0.4, 0.5) is 21.6 Å². The van der Waals surface area contributed by atoms with E-state index in [2.05, 4.69) is 20.4 Å². The summed E-state index contributed by atoms with van der Waals surface area (Å²) in [6.07, 6.45) is 3.28.